The van der Waals surface area contributed by atoms with Crippen LogP contribution in [0.1, 0.15) is 35.8 Å². The maximum Gasteiger partial charge on any atom is 0.251 e. The number of nitrogens with zero attached hydrogens (tertiary/aromatic N) is 1. The molecule has 16 heavy (non-hydrogen) atoms. The van der Waals surface area contributed by atoms with Crippen LogP contribution in [-0.4, -0.2) is 17.4 Å². The van der Waals surface area contributed by atoms with Gasteiger partial charge in [0.25, 0.3) is 5.91 Å². The number of rotatable bonds is 4. The molecule has 1 aromatic heterocycles. The Morgan fingerprint density at radius 3 is 2.94 bits per heavy atom. The molecular formula is C12H17N3O. The van der Waals surface area contributed by atoms with Crippen LogP contribution < -0.4 is 11.1 Å². The highest BCUT2D eigenvalue weighted by molar-refractivity contribution is 5.94. The average Bonchev–Trinajstić information content (AvgIpc) is 3.08. The van der Waals surface area contributed by atoms with Crippen molar-refractivity contribution in [1.29, 1.82) is 0 Å². The first kappa shape index (κ1) is 10.9. The van der Waals surface area contributed by atoms with Crippen molar-refractivity contribution in [3.63, 3.8) is 0 Å². The summed E-state index contributed by atoms with van der Waals surface area (Å²) in [5, 5.41) is 2.92. The second kappa shape index (κ2) is 4.51. The van der Waals surface area contributed by atoms with Crippen LogP contribution in [0.3, 0.4) is 0 Å². The largest absolute Gasteiger partial charge is 0.384 e. The Bertz CT molecular complexity index is 399. The summed E-state index contributed by atoms with van der Waals surface area (Å²) in [7, 11) is 0. The molecule has 1 aromatic rings. The van der Waals surface area contributed by atoms with Gasteiger partial charge in [-0.3, -0.25) is 4.79 Å². The van der Waals surface area contributed by atoms with E-state index in [0.717, 1.165) is 18.7 Å². The van der Waals surface area contributed by atoms with Gasteiger partial charge in [-0.05, 0) is 37.3 Å². The highest BCUT2D eigenvalue weighted by Gasteiger charge is 2.21. The van der Waals surface area contributed by atoms with Crippen LogP contribution in [0.15, 0.2) is 12.1 Å². The van der Waals surface area contributed by atoms with Crippen LogP contribution in [0.2, 0.25) is 0 Å². The second-order valence-electron chi connectivity index (χ2n) is 4.28. The quantitative estimate of drug-likeness (QED) is 0.803. The normalized spacial score (nSPS) is 14.8. The van der Waals surface area contributed by atoms with E-state index in [4.69, 9.17) is 5.73 Å². The van der Waals surface area contributed by atoms with Crippen LogP contribution in [0, 0.1) is 5.92 Å². The van der Waals surface area contributed by atoms with Gasteiger partial charge < -0.3 is 11.1 Å². The molecule has 2 rings (SSSR count). The number of aryl methyl sites for hydroxylation is 1. The average molecular weight is 219 g/mol. The van der Waals surface area contributed by atoms with Crippen LogP contribution in [0.25, 0.3) is 0 Å². The fourth-order valence-corrected chi connectivity index (χ4v) is 1.58. The summed E-state index contributed by atoms with van der Waals surface area (Å²) in [6.07, 6.45) is 3.26. The van der Waals surface area contributed by atoms with Crippen molar-refractivity contribution in [3.8, 4) is 0 Å². The lowest BCUT2D eigenvalue weighted by molar-refractivity contribution is 0.0951. The molecule has 0 aromatic carbocycles. The van der Waals surface area contributed by atoms with Gasteiger partial charge in [-0.25, -0.2) is 4.98 Å². The molecule has 0 atom stereocenters. The first-order chi connectivity index (χ1) is 7.69. The van der Waals surface area contributed by atoms with Crippen LogP contribution in [-0.2, 0) is 6.42 Å². The third-order valence-electron chi connectivity index (χ3n) is 2.77. The van der Waals surface area contributed by atoms with Gasteiger partial charge >= 0.3 is 0 Å². The predicted octanol–water partition coefficient (Wildman–Crippen LogP) is 1.37. The molecule has 0 spiro atoms. The topological polar surface area (TPSA) is 68.0 Å². The first-order valence-corrected chi connectivity index (χ1v) is 5.73. The summed E-state index contributed by atoms with van der Waals surface area (Å²) >= 11 is 0. The number of nitrogen functional groups attached to an aromatic ring is 1. The van der Waals surface area contributed by atoms with Crippen LogP contribution in [0.4, 0.5) is 5.82 Å². The molecule has 3 N–H and O–H groups in total. The van der Waals surface area contributed by atoms with E-state index in [-0.39, 0.29) is 5.91 Å². The van der Waals surface area contributed by atoms with Gasteiger partial charge in [0, 0.05) is 17.8 Å². The number of nitrogens with two attached hydrogens (primary N) is 1. The molecule has 1 amide bonds. The lowest BCUT2D eigenvalue weighted by atomic mass is 10.2. The van der Waals surface area contributed by atoms with Crippen molar-refractivity contribution in [3.05, 3.63) is 23.4 Å². The molecule has 0 unspecified atom stereocenters. The molecular weight excluding hydrogens is 202 g/mol. The van der Waals surface area contributed by atoms with Gasteiger partial charge in [0.05, 0.1) is 0 Å². The van der Waals surface area contributed by atoms with Crippen LogP contribution >= 0.6 is 0 Å². The number of amides is 1. The van der Waals surface area contributed by atoms with Gasteiger partial charge in [-0.15, -0.1) is 0 Å². The predicted molar refractivity (Wildman–Crippen MR) is 63.1 cm³/mol. The SMILES string of the molecule is CCc1cc(C(=O)NCC2CC2)cc(N)n1. The first-order valence-electron chi connectivity index (χ1n) is 5.73. The van der Waals surface area contributed by atoms with Crippen molar-refractivity contribution >= 4 is 11.7 Å². The summed E-state index contributed by atoms with van der Waals surface area (Å²) in [5.74, 6) is 1.06. The van der Waals surface area contributed by atoms with Gasteiger partial charge in [-0.2, -0.15) is 0 Å². The van der Waals surface area contributed by atoms with Gasteiger partial charge in [0.15, 0.2) is 0 Å². The zero-order chi connectivity index (χ0) is 11.5. The highest BCUT2D eigenvalue weighted by atomic mass is 16.1. The molecule has 1 aliphatic carbocycles. The van der Waals surface area contributed by atoms with E-state index in [2.05, 4.69) is 10.3 Å². The molecule has 0 bridgehead atoms. The fourth-order valence-electron chi connectivity index (χ4n) is 1.58. The van der Waals surface area contributed by atoms with E-state index in [9.17, 15) is 4.79 Å². The van der Waals surface area contributed by atoms with Crippen LogP contribution in [0.5, 0.6) is 0 Å². The summed E-state index contributed by atoms with van der Waals surface area (Å²) in [6, 6.07) is 3.43. The maximum atomic E-state index is 11.8. The van der Waals surface area contributed by atoms with E-state index >= 15 is 0 Å². The van der Waals surface area contributed by atoms with E-state index in [1.165, 1.54) is 12.8 Å². The Morgan fingerprint density at radius 1 is 1.56 bits per heavy atom. The van der Waals surface area contributed by atoms with Gasteiger partial charge in [0.1, 0.15) is 5.82 Å². The highest BCUT2D eigenvalue weighted by Crippen LogP contribution is 2.27. The van der Waals surface area contributed by atoms with Gasteiger partial charge in [0.2, 0.25) is 0 Å². The second-order valence-corrected chi connectivity index (χ2v) is 4.28. The minimum Gasteiger partial charge on any atom is -0.384 e. The molecule has 1 aliphatic rings. The standard InChI is InChI=1S/C12H17N3O/c1-2-10-5-9(6-11(13)15-10)12(16)14-7-8-3-4-8/h5-6,8H,2-4,7H2,1H3,(H2,13,15)(H,14,16). The molecule has 1 heterocycles. The Morgan fingerprint density at radius 2 is 2.31 bits per heavy atom. The molecule has 1 saturated carbocycles. The van der Waals surface area contributed by atoms with E-state index in [1.807, 2.05) is 6.92 Å². The Hall–Kier alpha value is -1.58. The van der Waals surface area contributed by atoms with Crippen molar-refractivity contribution in [2.24, 2.45) is 5.92 Å². The van der Waals surface area contributed by atoms with Crippen molar-refractivity contribution in [1.82, 2.24) is 10.3 Å². The number of carbonyl (C=O) groups is 1. The van der Waals surface area contributed by atoms with E-state index in [0.29, 0.717) is 17.3 Å². The number of anilines is 1. The molecule has 0 radical (unpaired) electrons. The summed E-state index contributed by atoms with van der Waals surface area (Å²) in [5.41, 5.74) is 7.12. The number of pyridine rings is 1. The lowest BCUT2D eigenvalue weighted by Gasteiger charge is -2.06. The summed E-state index contributed by atoms with van der Waals surface area (Å²) in [4.78, 5) is 15.9. The molecule has 1 fully saturated rings. The molecule has 4 nitrogen and oxygen atoms in total. The number of hydrogen-bond acceptors (Lipinski definition) is 3. The minimum absolute atomic E-state index is 0.0456. The Labute approximate surface area is 95.3 Å². The number of carbonyl (C=O) groups excluding carboxylic acids is 1. The number of hydrogen-bond donors (Lipinski definition) is 2. The Kier molecular flexibility index (Phi) is 3.08. The minimum atomic E-state index is -0.0456. The van der Waals surface area contributed by atoms with E-state index < -0.39 is 0 Å². The zero-order valence-electron chi connectivity index (χ0n) is 9.49. The smallest absolute Gasteiger partial charge is 0.251 e. The number of aromatic nitrogens is 1. The molecule has 0 aliphatic heterocycles. The lowest BCUT2D eigenvalue weighted by Crippen LogP contribution is -2.25. The molecule has 0 saturated heterocycles. The van der Waals surface area contributed by atoms with E-state index in [1.54, 1.807) is 12.1 Å². The number of nitrogens with one attached hydrogen (secondary N) is 1. The molecule has 86 valence electrons. The van der Waals surface area contributed by atoms with Gasteiger partial charge in [-0.1, -0.05) is 6.92 Å². The van der Waals surface area contributed by atoms with Crippen molar-refractivity contribution in [2.45, 2.75) is 26.2 Å². The van der Waals surface area contributed by atoms with Crippen molar-refractivity contribution < 1.29 is 4.79 Å². The van der Waals surface area contributed by atoms with Crippen molar-refractivity contribution in [2.75, 3.05) is 12.3 Å². The Balaban J connectivity index is 2.05. The zero-order valence-corrected chi connectivity index (χ0v) is 9.49. The maximum absolute atomic E-state index is 11.8. The monoisotopic (exact) mass is 219 g/mol. The summed E-state index contributed by atoms with van der Waals surface area (Å²) in [6.45, 7) is 2.77. The third-order valence-corrected chi connectivity index (χ3v) is 2.77. The summed E-state index contributed by atoms with van der Waals surface area (Å²) < 4.78 is 0. The molecule has 4 heteroatoms. The fraction of sp³-hybridized carbons (Fsp3) is 0.500. The third kappa shape index (κ3) is 2.72.